The summed E-state index contributed by atoms with van der Waals surface area (Å²) in [7, 11) is 0. The van der Waals surface area contributed by atoms with E-state index in [1.807, 2.05) is 0 Å². The third kappa shape index (κ3) is 2.81. The van der Waals surface area contributed by atoms with Crippen molar-refractivity contribution < 1.29 is 19.0 Å². The Balaban J connectivity index is 2.09. The molecule has 0 amide bonds. The maximum Gasteiger partial charge on any atom is 0.312 e. The summed E-state index contributed by atoms with van der Waals surface area (Å²) < 4.78 is 16.2. The van der Waals surface area contributed by atoms with Crippen molar-refractivity contribution in [3.63, 3.8) is 0 Å². The van der Waals surface area contributed by atoms with Gasteiger partial charge in [0.25, 0.3) is 0 Å². The first-order valence-electron chi connectivity index (χ1n) is 5.69. The molecule has 1 spiro atoms. The second-order valence-electron chi connectivity index (χ2n) is 3.82. The smallest absolute Gasteiger partial charge is 0.312 e. The van der Waals surface area contributed by atoms with Crippen LogP contribution in [0, 0.1) is 23.7 Å². The highest BCUT2D eigenvalue weighted by molar-refractivity contribution is 5.66. The fourth-order valence-corrected chi connectivity index (χ4v) is 1.67. The van der Waals surface area contributed by atoms with Gasteiger partial charge in [0.15, 0.2) is 0 Å². The minimum atomic E-state index is -1.10. The fourth-order valence-electron chi connectivity index (χ4n) is 1.67. The zero-order valence-electron chi connectivity index (χ0n) is 10.6. The third-order valence-electron chi connectivity index (χ3n) is 2.43. The molecule has 4 heteroatoms. The van der Waals surface area contributed by atoms with E-state index < -0.39 is 17.9 Å². The first-order valence-corrected chi connectivity index (χ1v) is 5.69. The molecule has 0 aromatic rings. The standard InChI is InChI=1S/C15H12O4/c1-3-4-5-6-7-13-8-10-15(19-13)14(9-11-17-15)18-12(2)16/h7-11,14H,1-2H3/b13-7+/t14-,15+/m1/s1. The Morgan fingerprint density at radius 2 is 2.37 bits per heavy atom. The van der Waals surface area contributed by atoms with E-state index in [1.54, 1.807) is 31.2 Å². The van der Waals surface area contributed by atoms with Crippen molar-refractivity contribution in [3.05, 3.63) is 36.3 Å². The molecule has 0 aromatic heterocycles. The van der Waals surface area contributed by atoms with Crippen molar-refractivity contribution in [2.45, 2.75) is 25.7 Å². The van der Waals surface area contributed by atoms with E-state index in [-0.39, 0.29) is 0 Å². The van der Waals surface area contributed by atoms with E-state index in [4.69, 9.17) is 14.2 Å². The number of esters is 1. The molecule has 4 nitrogen and oxygen atoms in total. The van der Waals surface area contributed by atoms with Crippen LogP contribution in [0.2, 0.25) is 0 Å². The van der Waals surface area contributed by atoms with Crippen LogP contribution in [-0.4, -0.2) is 17.9 Å². The lowest BCUT2D eigenvalue weighted by molar-refractivity contribution is -0.189. The molecule has 2 rings (SSSR count). The van der Waals surface area contributed by atoms with Gasteiger partial charge in [0.2, 0.25) is 6.10 Å². The number of allylic oxidation sites excluding steroid dienone is 2. The van der Waals surface area contributed by atoms with E-state index in [0.29, 0.717) is 5.76 Å². The van der Waals surface area contributed by atoms with Gasteiger partial charge in [0.05, 0.1) is 6.26 Å². The molecule has 0 N–H and O–H groups in total. The lowest BCUT2D eigenvalue weighted by Gasteiger charge is -2.27. The first kappa shape index (κ1) is 12.9. The lowest BCUT2D eigenvalue weighted by atomic mass is 10.1. The van der Waals surface area contributed by atoms with Crippen LogP contribution in [0.1, 0.15) is 13.8 Å². The van der Waals surface area contributed by atoms with E-state index in [2.05, 4.69) is 23.7 Å². The van der Waals surface area contributed by atoms with E-state index in [9.17, 15) is 4.79 Å². The van der Waals surface area contributed by atoms with Gasteiger partial charge in [0, 0.05) is 19.1 Å². The van der Waals surface area contributed by atoms with Gasteiger partial charge in [-0.25, -0.2) is 0 Å². The molecule has 2 atom stereocenters. The zero-order valence-corrected chi connectivity index (χ0v) is 10.6. The van der Waals surface area contributed by atoms with E-state index >= 15 is 0 Å². The topological polar surface area (TPSA) is 44.8 Å². The van der Waals surface area contributed by atoms with Gasteiger partial charge in [-0.2, -0.15) is 0 Å². The molecule has 0 radical (unpaired) electrons. The minimum Gasteiger partial charge on any atom is -0.453 e. The quantitative estimate of drug-likeness (QED) is 0.528. The van der Waals surface area contributed by atoms with Crippen molar-refractivity contribution in [3.8, 4) is 23.7 Å². The number of rotatable bonds is 1. The third-order valence-corrected chi connectivity index (χ3v) is 2.43. The van der Waals surface area contributed by atoms with Crippen LogP contribution in [0.25, 0.3) is 0 Å². The number of hydrogen-bond donors (Lipinski definition) is 0. The second-order valence-corrected chi connectivity index (χ2v) is 3.82. The molecular formula is C15H12O4. The molecule has 0 saturated carbocycles. The molecule has 0 unspecified atom stereocenters. The average molecular weight is 256 g/mol. The maximum absolute atomic E-state index is 11.0. The summed E-state index contributed by atoms with van der Waals surface area (Å²) in [5.74, 6) is 9.71. The van der Waals surface area contributed by atoms with Gasteiger partial charge in [-0.05, 0) is 30.9 Å². The van der Waals surface area contributed by atoms with Crippen LogP contribution in [0.5, 0.6) is 0 Å². The maximum atomic E-state index is 11.0. The van der Waals surface area contributed by atoms with Crippen LogP contribution in [0.4, 0.5) is 0 Å². The summed E-state index contributed by atoms with van der Waals surface area (Å²) in [6.07, 6.45) is 7.48. The largest absolute Gasteiger partial charge is 0.453 e. The van der Waals surface area contributed by atoms with Crippen LogP contribution in [-0.2, 0) is 19.0 Å². The second kappa shape index (κ2) is 5.37. The van der Waals surface area contributed by atoms with Gasteiger partial charge in [-0.1, -0.05) is 11.8 Å². The van der Waals surface area contributed by atoms with Crippen LogP contribution < -0.4 is 0 Å². The van der Waals surface area contributed by atoms with Crippen molar-refractivity contribution in [1.82, 2.24) is 0 Å². The number of carbonyl (C=O) groups is 1. The average Bonchev–Trinajstić information content (AvgIpc) is 2.94. The summed E-state index contributed by atoms with van der Waals surface area (Å²) >= 11 is 0. The van der Waals surface area contributed by atoms with E-state index in [1.165, 1.54) is 13.2 Å². The number of hydrogen-bond acceptors (Lipinski definition) is 4. The van der Waals surface area contributed by atoms with Crippen molar-refractivity contribution in [2.24, 2.45) is 0 Å². The Morgan fingerprint density at radius 3 is 3.11 bits per heavy atom. The van der Waals surface area contributed by atoms with Crippen molar-refractivity contribution >= 4 is 5.97 Å². The highest BCUT2D eigenvalue weighted by atomic mass is 16.7. The molecule has 0 bridgehead atoms. The summed E-state index contributed by atoms with van der Waals surface area (Å²) in [5, 5.41) is 0. The fraction of sp³-hybridized carbons (Fsp3) is 0.267. The monoisotopic (exact) mass is 256 g/mol. The van der Waals surface area contributed by atoms with Gasteiger partial charge in [-0.3, -0.25) is 4.79 Å². The number of carbonyl (C=O) groups excluding carboxylic acids is 1. The highest BCUT2D eigenvalue weighted by Gasteiger charge is 2.48. The molecule has 0 fully saturated rings. The minimum absolute atomic E-state index is 0.396. The molecule has 96 valence electrons. The van der Waals surface area contributed by atoms with Crippen molar-refractivity contribution in [2.75, 3.05) is 0 Å². The Bertz CT molecular complexity index is 589. The van der Waals surface area contributed by atoms with Crippen LogP contribution in [0.15, 0.2) is 36.3 Å². The summed E-state index contributed by atoms with van der Waals surface area (Å²) in [4.78, 5) is 11.0. The lowest BCUT2D eigenvalue weighted by Crippen LogP contribution is -2.40. The van der Waals surface area contributed by atoms with E-state index in [0.717, 1.165) is 0 Å². The Labute approximate surface area is 111 Å². The Morgan fingerprint density at radius 1 is 1.53 bits per heavy atom. The number of ether oxygens (including phenoxy) is 3. The first-order chi connectivity index (χ1) is 9.16. The van der Waals surface area contributed by atoms with Gasteiger partial charge < -0.3 is 14.2 Å². The molecule has 2 heterocycles. The normalized spacial score (nSPS) is 28.1. The Hall–Kier alpha value is -2.59. The summed E-state index contributed by atoms with van der Waals surface area (Å²) in [5.41, 5.74) is 0. The predicted molar refractivity (Wildman–Crippen MR) is 68.0 cm³/mol. The summed E-state index contributed by atoms with van der Waals surface area (Å²) in [6, 6.07) is 0. The SMILES string of the molecule is CC#CC#C/C=C1\C=C[C@]2(OC=C[C@H]2OC(C)=O)O1. The van der Waals surface area contributed by atoms with Crippen molar-refractivity contribution in [1.29, 1.82) is 0 Å². The molecule has 19 heavy (non-hydrogen) atoms. The zero-order chi connectivity index (χ0) is 13.7. The van der Waals surface area contributed by atoms with Crippen LogP contribution in [0.3, 0.4) is 0 Å². The van der Waals surface area contributed by atoms with Gasteiger partial charge in [-0.15, -0.1) is 0 Å². The molecule has 0 saturated heterocycles. The molecule has 2 aliphatic rings. The predicted octanol–water partition coefficient (Wildman–Crippen LogP) is 1.66. The molecule has 0 aromatic carbocycles. The van der Waals surface area contributed by atoms with Crippen LogP contribution >= 0.6 is 0 Å². The Kier molecular flexibility index (Phi) is 3.63. The summed E-state index contributed by atoms with van der Waals surface area (Å²) in [6.45, 7) is 3.05. The van der Waals surface area contributed by atoms with Gasteiger partial charge >= 0.3 is 11.8 Å². The molecule has 0 aliphatic carbocycles. The molecular weight excluding hydrogens is 244 g/mol. The van der Waals surface area contributed by atoms with Gasteiger partial charge in [0.1, 0.15) is 5.76 Å². The highest BCUT2D eigenvalue weighted by Crippen LogP contribution is 2.36. The molecule has 2 aliphatic heterocycles.